The molecule has 11 heavy (non-hydrogen) atoms. The van der Waals surface area contributed by atoms with Crippen LogP contribution >= 0.6 is 0 Å². The zero-order valence-corrected chi connectivity index (χ0v) is 7.65. The van der Waals surface area contributed by atoms with Crippen LogP contribution in [0.1, 0.15) is 39.5 Å². The molecular weight excluding hydrogens is 136 g/mol. The Labute approximate surface area is 69.1 Å². The Bertz CT molecular complexity index is 149. The molecule has 0 amide bonds. The molecule has 1 heteroatoms. The van der Waals surface area contributed by atoms with E-state index in [9.17, 15) is 0 Å². The van der Waals surface area contributed by atoms with Crippen molar-refractivity contribution in [2.24, 2.45) is 10.8 Å². The van der Waals surface area contributed by atoms with E-state index in [2.05, 4.69) is 13.8 Å². The zero-order valence-electron chi connectivity index (χ0n) is 7.65. The summed E-state index contributed by atoms with van der Waals surface area (Å²) in [6.45, 7) is 6.85. The highest BCUT2D eigenvalue weighted by molar-refractivity contribution is 4.99. The number of hydrogen-bond donors (Lipinski definition) is 0. The molecule has 0 aromatic rings. The predicted molar refractivity (Wildman–Crippen MR) is 45.5 cm³/mol. The molecule has 0 aromatic heterocycles. The maximum atomic E-state index is 5.52. The molecular formula is C10H18O. The lowest BCUT2D eigenvalue weighted by Gasteiger charge is -2.36. The van der Waals surface area contributed by atoms with Crippen molar-refractivity contribution in [3.63, 3.8) is 0 Å². The Hall–Kier alpha value is -0.0400. The minimum atomic E-state index is 0.545. The van der Waals surface area contributed by atoms with Crippen LogP contribution in [0.2, 0.25) is 0 Å². The first kappa shape index (κ1) is 7.60. The molecule has 2 aliphatic rings. The molecule has 1 heterocycles. The molecule has 1 spiro atoms. The third-order valence-electron chi connectivity index (χ3n) is 4.00. The summed E-state index contributed by atoms with van der Waals surface area (Å²) in [4.78, 5) is 0. The molecule has 1 nitrogen and oxygen atoms in total. The average molecular weight is 154 g/mol. The van der Waals surface area contributed by atoms with Crippen molar-refractivity contribution < 1.29 is 4.74 Å². The predicted octanol–water partition coefficient (Wildman–Crippen LogP) is 2.60. The van der Waals surface area contributed by atoms with Crippen LogP contribution in [0.4, 0.5) is 0 Å². The molecule has 64 valence electrons. The van der Waals surface area contributed by atoms with E-state index in [1.54, 1.807) is 0 Å². The van der Waals surface area contributed by atoms with Crippen molar-refractivity contribution in [1.82, 2.24) is 0 Å². The minimum absolute atomic E-state index is 0.545. The van der Waals surface area contributed by atoms with E-state index in [0.29, 0.717) is 10.8 Å². The lowest BCUT2D eigenvalue weighted by molar-refractivity contribution is 0.0775. The van der Waals surface area contributed by atoms with Crippen LogP contribution in [-0.2, 0) is 4.74 Å². The van der Waals surface area contributed by atoms with Gasteiger partial charge in [-0.1, -0.05) is 20.3 Å². The molecule has 1 atom stereocenters. The highest BCUT2D eigenvalue weighted by Gasteiger charge is 2.50. The van der Waals surface area contributed by atoms with Gasteiger partial charge in [0, 0.05) is 12.0 Å². The van der Waals surface area contributed by atoms with Crippen LogP contribution in [0.15, 0.2) is 0 Å². The highest BCUT2D eigenvalue weighted by Crippen LogP contribution is 2.56. The second kappa shape index (κ2) is 2.22. The Balaban J connectivity index is 2.22. The largest absolute Gasteiger partial charge is 0.381 e. The second-order valence-corrected chi connectivity index (χ2v) is 4.82. The minimum Gasteiger partial charge on any atom is -0.381 e. The van der Waals surface area contributed by atoms with Crippen molar-refractivity contribution in [3.8, 4) is 0 Å². The number of hydrogen-bond acceptors (Lipinski definition) is 1. The molecule has 1 aliphatic carbocycles. The maximum Gasteiger partial charge on any atom is 0.0528 e. The molecule has 1 saturated heterocycles. The van der Waals surface area contributed by atoms with Crippen LogP contribution in [-0.4, -0.2) is 13.2 Å². The van der Waals surface area contributed by atoms with E-state index in [1.807, 2.05) is 0 Å². The van der Waals surface area contributed by atoms with Gasteiger partial charge < -0.3 is 4.74 Å². The maximum absolute atomic E-state index is 5.52. The van der Waals surface area contributed by atoms with Gasteiger partial charge in [0.15, 0.2) is 0 Å². The lowest BCUT2D eigenvalue weighted by Crippen LogP contribution is -2.32. The first-order valence-corrected chi connectivity index (χ1v) is 4.74. The van der Waals surface area contributed by atoms with E-state index in [4.69, 9.17) is 4.74 Å². The normalized spacial score (nSPS) is 42.0. The third kappa shape index (κ3) is 0.936. The molecule has 1 saturated carbocycles. The van der Waals surface area contributed by atoms with Gasteiger partial charge in [0.05, 0.1) is 6.61 Å². The van der Waals surface area contributed by atoms with Gasteiger partial charge in [0.2, 0.25) is 0 Å². The Morgan fingerprint density at radius 3 is 2.36 bits per heavy atom. The monoisotopic (exact) mass is 154 g/mol. The van der Waals surface area contributed by atoms with Crippen LogP contribution in [0.25, 0.3) is 0 Å². The van der Waals surface area contributed by atoms with Gasteiger partial charge in [0.25, 0.3) is 0 Å². The van der Waals surface area contributed by atoms with Crippen molar-refractivity contribution in [2.45, 2.75) is 39.5 Å². The topological polar surface area (TPSA) is 9.23 Å². The Morgan fingerprint density at radius 1 is 1.09 bits per heavy atom. The number of ether oxygens (including phenoxy) is 1. The summed E-state index contributed by atoms with van der Waals surface area (Å²) in [5, 5.41) is 0. The quantitative estimate of drug-likeness (QED) is 0.521. The lowest BCUT2D eigenvalue weighted by atomic mass is 9.68. The zero-order chi connectivity index (χ0) is 7.95. The third-order valence-corrected chi connectivity index (χ3v) is 4.00. The first-order chi connectivity index (χ1) is 5.16. The molecule has 2 rings (SSSR count). The standard InChI is InChI=1S/C10H18O/c1-9(2)4-3-5-10(9)6-7-11-8-10/h3-8H2,1-2H3. The van der Waals surface area contributed by atoms with Crippen LogP contribution < -0.4 is 0 Å². The van der Waals surface area contributed by atoms with Gasteiger partial charge in [-0.25, -0.2) is 0 Å². The van der Waals surface area contributed by atoms with Gasteiger partial charge in [-0.15, -0.1) is 0 Å². The number of rotatable bonds is 0. The molecule has 0 aromatic carbocycles. The van der Waals surface area contributed by atoms with E-state index < -0.39 is 0 Å². The van der Waals surface area contributed by atoms with Gasteiger partial charge >= 0.3 is 0 Å². The van der Waals surface area contributed by atoms with Gasteiger partial charge in [0.1, 0.15) is 0 Å². The van der Waals surface area contributed by atoms with Crippen molar-refractivity contribution in [2.75, 3.05) is 13.2 Å². The van der Waals surface area contributed by atoms with Crippen molar-refractivity contribution in [3.05, 3.63) is 0 Å². The fourth-order valence-corrected chi connectivity index (χ4v) is 2.81. The van der Waals surface area contributed by atoms with Gasteiger partial charge in [-0.3, -0.25) is 0 Å². The van der Waals surface area contributed by atoms with E-state index in [0.717, 1.165) is 13.2 Å². The second-order valence-electron chi connectivity index (χ2n) is 4.82. The summed E-state index contributed by atoms with van der Waals surface area (Å²) in [6.07, 6.45) is 5.52. The molecule has 2 fully saturated rings. The van der Waals surface area contributed by atoms with Crippen LogP contribution in [0, 0.1) is 10.8 Å². The van der Waals surface area contributed by atoms with E-state index in [-0.39, 0.29) is 0 Å². The Kier molecular flexibility index (Phi) is 1.54. The fraction of sp³-hybridized carbons (Fsp3) is 1.00. The molecule has 0 bridgehead atoms. The molecule has 0 N–H and O–H groups in total. The van der Waals surface area contributed by atoms with Crippen LogP contribution in [0.3, 0.4) is 0 Å². The summed E-state index contributed by atoms with van der Waals surface area (Å²) in [5.74, 6) is 0. The van der Waals surface area contributed by atoms with Crippen LogP contribution in [0.5, 0.6) is 0 Å². The van der Waals surface area contributed by atoms with E-state index in [1.165, 1.54) is 25.7 Å². The summed E-state index contributed by atoms with van der Waals surface area (Å²) >= 11 is 0. The molecule has 1 unspecified atom stereocenters. The Morgan fingerprint density at radius 2 is 1.91 bits per heavy atom. The smallest absolute Gasteiger partial charge is 0.0528 e. The van der Waals surface area contributed by atoms with Crippen molar-refractivity contribution >= 4 is 0 Å². The summed E-state index contributed by atoms with van der Waals surface area (Å²) in [6, 6.07) is 0. The van der Waals surface area contributed by atoms with Crippen molar-refractivity contribution in [1.29, 1.82) is 0 Å². The first-order valence-electron chi connectivity index (χ1n) is 4.74. The van der Waals surface area contributed by atoms with Gasteiger partial charge in [-0.2, -0.15) is 0 Å². The fourth-order valence-electron chi connectivity index (χ4n) is 2.81. The summed E-state index contributed by atoms with van der Waals surface area (Å²) in [7, 11) is 0. The SMILES string of the molecule is CC1(C)CCCC12CCOC2. The van der Waals surface area contributed by atoms with Gasteiger partial charge in [-0.05, 0) is 24.7 Å². The molecule has 0 radical (unpaired) electrons. The summed E-state index contributed by atoms with van der Waals surface area (Å²) in [5.41, 5.74) is 1.11. The summed E-state index contributed by atoms with van der Waals surface area (Å²) < 4.78 is 5.52. The molecule has 1 aliphatic heterocycles. The average Bonchev–Trinajstić information content (AvgIpc) is 2.45. The highest BCUT2D eigenvalue weighted by atomic mass is 16.5. The van der Waals surface area contributed by atoms with E-state index >= 15 is 0 Å².